The van der Waals surface area contributed by atoms with Gasteiger partial charge >= 0.3 is 0 Å². The van der Waals surface area contributed by atoms with Crippen LogP contribution in [0.5, 0.6) is 5.75 Å². The van der Waals surface area contributed by atoms with Gasteiger partial charge in [-0.3, -0.25) is 4.79 Å². The fourth-order valence-corrected chi connectivity index (χ4v) is 1.88. The molecular weight excluding hydrogens is 264 g/mol. The molecule has 5 heteroatoms. The Morgan fingerprint density at radius 3 is 2.79 bits per heavy atom. The van der Waals surface area contributed by atoms with Gasteiger partial charge in [0.2, 0.25) is 5.91 Å². The van der Waals surface area contributed by atoms with Gasteiger partial charge in [0, 0.05) is 23.6 Å². The Morgan fingerprint density at radius 2 is 2.21 bits per heavy atom. The Balaban J connectivity index is 2.65. The molecule has 106 valence electrons. The van der Waals surface area contributed by atoms with Crippen LogP contribution in [0.25, 0.3) is 0 Å². The number of carbonyl (C=O) groups is 1. The lowest BCUT2D eigenvalue weighted by molar-refractivity contribution is -0.116. The van der Waals surface area contributed by atoms with Crippen LogP contribution < -0.4 is 15.8 Å². The van der Waals surface area contributed by atoms with Crippen molar-refractivity contribution in [2.75, 3.05) is 12.4 Å². The maximum absolute atomic E-state index is 11.8. The molecule has 0 aliphatic carbocycles. The number of anilines is 1. The minimum Gasteiger partial charge on any atom is -0.495 e. The number of aryl methyl sites for hydroxylation is 1. The predicted molar refractivity (Wildman–Crippen MR) is 78.9 cm³/mol. The quantitative estimate of drug-likeness (QED) is 0.843. The Labute approximate surface area is 119 Å². The average Bonchev–Trinajstić information content (AvgIpc) is 2.33. The van der Waals surface area contributed by atoms with E-state index in [1.807, 2.05) is 19.9 Å². The molecule has 0 spiro atoms. The number of amides is 1. The van der Waals surface area contributed by atoms with Crippen molar-refractivity contribution in [1.82, 2.24) is 0 Å². The predicted octanol–water partition coefficient (Wildman–Crippen LogP) is 3.11. The van der Waals surface area contributed by atoms with Crippen LogP contribution in [0, 0.1) is 6.92 Å². The standard InChI is InChI=1S/C14H21ClN2O2/c1-9-7-12(13(19-3)8-11(9)15)17-14(18)6-4-5-10(2)16/h7-8,10H,4-6,16H2,1-3H3,(H,17,18). The largest absolute Gasteiger partial charge is 0.495 e. The van der Waals surface area contributed by atoms with Gasteiger partial charge in [-0.25, -0.2) is 0 Å². The van der Waals surface area contributed by atoms with Gasteiger partial charge in [-0.2, -0.15) is 0 Å². The third-order valence-corrected chi connectivity index (χ3v) is 3.23. The lowest BCUT2D eigenvalue weighted by Crippen LogP contribution is -2.17. The lowest BCUT2D eigenvalue weighted by Gasteiger charge is -2.12. The number of nitrogens with one attached hydrogen (secondary N) is 1. The molecule has 0 saturated heterocycles. The van der Waals surface area contributed by atoms with Gasteiger partial charge in [0.05, 0.1) is 12.8 Å². The van der Waals surface area contributed by atoms with Gasteiger partial charge in [0.1, 0.15) is 5.75 Å². The van der Waals surface area contributed by atoms with Gasteiger partial charge in [-0.05, 0) is 38.3 Å². The molecule has 0 fully saturated rings. The first kappa shape index (κ1) is 15.8. The van der Waals surface area contributed by atoms with Crippen LogP contribution in [0.2, 0.25) is 5.02 Å². The summed E-state index contributed by atoms with van der Waals surface area (Å²) in [5.74, 6) is 0.525. The first-order valence-corrected chi connectivity index (χ1v) is 6.71. The summed E-state index contributed by atoms with van der Waals surface area (Å²) < 4.78 is 5.21. The summed E-state index contributed by atoms with van der Waals surface area (Å²) in [5, 5.41) is 3.46. The van der Waals surface area contributed by atoms with E-state index in [0.29, 0.717) is 22.9 Å². The Bertz CT molecular complexity index is 447. The molecule has 1 unspecified atom stereocenters. The Kier molecular flexibility index (Phi) is 6.12. The van der Waals surface area contributed by atoms with Crippen molar-refractivity contribution in [1.29, 1.82) is 0 Å². The van der Waals surface area contributed by atoms with Crippen LogP contribution in [0.1, 0.15) is 31.7 Å². The molecule has 19 heavy (non-hydrogen) atoms. The second-order valence-corrected chi connectivity index (χ2v) is 5.13. The van der Waals surface area contributed by atoms with E-state index in [4.69, 9.17) is 22.1 Å². The van der Waals surface area contributed by atoms with Gasteiger partial charge in [-0.15, -0.1) is 0 Å². The van der Waals surface area contributed by atoms with Crippen molar-refractivity contribution in [3.05, 3.63) is 22.7 Å². The third-order valence-electron chi connectivity index (χ3n) is 2.82. The van der Waals surface area contributed by atoms with Crippen LogP contribution in [-0.4, -0.2) is 19.1 Å². The minimum absolute atomic E-state index is 0.0410. The highest BCUT2D eigenvalue weighted by molar-refractivity contribution is 6.31. The summed E-state index contributed by atoms with van der Waals surface area (Å²) in [6.45, 7) is 3.82. The lowest BCUT2D eigenvalue weighted by atomic mass is 10.1. The number of ether oxygens (including phenoxy) is 1. The molecule has 3 N–H and O–H groups in total. The normalized spacial score (nSPS) is 12.1. The van der Waals surface area contributed by atoms with E-state index in [-0.39, 0.29) is 11.9 Å². The number of methoxy groups -OCH3 is 1. The maximum Gasteiger partial charge on any atom is 0.224 e. The monoisotopic (exact) mass is 284 g/mol. The second-order valence-electron chi connectivity index (χ2n) is 4.72. The maximum atomic E-state index is 11.8. The summed E-state index contributed by atoms with van der Waals surface area (Å²) >= 11 is 6.01. The number of rotatable bonds is 6. The number of hydrogen-bond donors (Lipinski definition) is 2. The average molecular weight is 285 g/mol. The van der Waals surface area contributed by atoms with Gasteiger partial charge in [0.15, 0.2) is 0 Å². The smallest absolute Gasteiger partial charge is 0.224 e. The molecule has 1 amide bonds. The van der Waals surface area contributed by atoms with E-state index in [1.54, 1.807) is 13.2 Å². The third kappa shape index (κ3) is 5.09. The van der Waals surface area contributed by atoms with Crippen molar-refractivity contribution in [2.45, 2.75) is 39.2 Å². The molecule has 0 bridgehead atoms. The number of hydrogen-bond acceptors (Lipinski definition) is 3. The number of benzene rings is 1. The first-order chi connectivity index (χ1) is 8.93. The molecule has 1 aromatic carbocycles. The molecule has 0 aliphatic heterocycles. The summed E-state index contributed by atoms with van der Waals surface area (Å²) in [7, 11) is 1.55. The van der Waals surface area contributed by atoms with Crippen LogP contribution in [0.15, 0.2) is 12.1 Å². The van der Waals surface area contributed by atoms with Crippen LogP contribution in [0.4, 0.5) is 5.69 Å². The number of nitrogens with two attached hydrogens (primary N) is 1. The summed E-state index contributed by atoms with van der Waals surface area (Å²) in [5.41, 5.74) is 7.19. The van der Waals surface area contributed by atoms with Crippen molar-refractivity contribution in [3.8, 4) is 5.75 Å². The van der Waals surface area contributed by atoms with E-state index in [2.05, 4.69) is 5.32 Å². The van der Waals surface area contributed by atoms with Crippen LogP contribution >= 0.6 is 11.6 Å². The zero-order valence-electron chi connectivity index (χ0n) is 11.6. The van der Waals surface area contributed by atoms with Crippen molar-refractivity contribution in [3.63, 3.8) is 0 Å². The first-order valence-electron chi connectivity index (χ1n) is 6.33. The summed E-state index contributed by atoms with van der Waals surface area (Å²) in [6.07, 6.45) is 2.06. The van der Waals surface area contributed by atoms with E-state index in [9.17, 15) is 4.79 Å². The van der Waals surface area contributed by atoms with E-state index >= 15 is 0 Å². The molecule has 0 radical (unpaired) electrons. The molecular formula is C14H21ClN2O2. The van der Waals surface area contributed by atoms with E-state index in [0.717, 1.165) is 18.4 Å². The molecule has 0 saturated carbocycles. The van der Waals surface area contributed by atoms with Gasteiger partial charge < -0.3 is 15.8 Å². The molecule has 1 rings (SSSR count). The molecule has 0 heterocycles. The van der Waals surface area contributed by atoms with Crippen LogP contribution in [-0.2, 0) is 4.79 Å². The second kappa shape index (κ2) is 7.36. The molecule has 4 nitrogen and oxygen atoms in total. The van der Waals surface area contributed by atoms with E-state index in [1.165, 1.54) is 0 Å². The van der Waals surface area contributed by atoms with E-state index < -0.39 is 0 Å². The minimum atomic E-state index is -0.0410. The molecule has 1 atom stereocenters. The summed E-state index contributed by atoms with van der Waals surface area (Å²) in [6, 6.07) is 3.64. The number of carbonyl (C=O) groups excluding carboxylic acids is 1. The highest BCUT2D eigenvalue weighted by atomic mass is 35.5. The fraction of sp³-hybridized carbons (Fsp3) is 0.500. The van der Waals surface area contributed by atoms with Crippen molar-refractivity contribution >= 4 is 23.2 Å². The van der Waals surface area contributed by atoms with Gasteiger partial charge in [-0.1, -0.05) is 11.6 Å². The Hall–Kier alpha value is -1.26. The zero-order chi connectivity index (χ0) is 14.4. The highest BCUT2D eigenvalue weighted by Crippen LogP contribution is 2.31. The highest BCUT2D eigenvalue weighted by Gasteiger charge is 2.10. The topological polar surface area (TPSA) is 64.3 Å². The van der Waals surface area contributed by atoms with Crippen molar-refractivity contribution < 1.29 is 9.53 Å². The molecule has 1 aromatic rings. The SMILES string of the molecule is COc1cc(Cl)c(C)cc1NC(=O)CCCC(C)N. The van der Waals surface area contributed by atoms with Crippen LogP contribution in [0.3, 0.4) is 0 Å². The molecule has 0 aromatic heterocycles. The number of halogens is 1. The fourth-order valence-electron chi connectivity index (χ4n) is 1.73. The van der Waals surface area contributed by atoms with Gasteiger partial charge in [0.25, 0.3) is 0 Å². The summed E-state index contributed by atoms with van der Waals surface area (Å²) in [4.78, 5) is 11.8. The molecule has 0 aliphatic rings. The Morgan fingerprint density at radius 1 is 1.53 bits per heavy atom. The van der Waals surface area contributed by atoms with Crippen molar-refractivity contribution in [2.24, 2.45) is 5.73 Å². The zero-order valence-corrected chi connectivity index (χ0v) is 12.4.